The first-order valence-corrected chi connectivity index (χ1v) is 9.00. The van der Waals surface area contributed by atoms with Crippen LogP contribution in [0.2, 0.25) is 5.02 Å². The van der Waals surface area contributed by atoms with Crippen molar-refractivity contribution >= 4 is 40.8 Å². The minimum Gasteiger partial charge on any atom is -0.462 e. The van der Waals surface area contributed by atoms with Gasteiger partial charge in [0.15, 0.2) is 0 Å². The summed E-state index contributed by atoms with van der Waals surface area (Å²) in [6.45, 7) is 2.31. The fourth-order valence-corrected chi connectivity index (χ4v) is 3.17. The molecule has 0 spiro atoms. The summed E-state index contributed by atoms with van der Waals surface area (Å²) in [4.78, 5) is 38.0. The Morgan fingerprint density at radius 3 is 2.56 bits per heavy atom. The van der Waals surface area contributed by atoms with Gasteiger partial charge in [-0.3, -0.25) is 9.59 Å². The van der Waals surface area contributed by atoms with Crippen molar-refractivity contribution in [1.82, 2.24) is 0 Å². The number of nitrogens with zero attached hydrogens (tertiary/aromatic N) is 1. The number of amides is 2. The Morgan fingerprint density at radius 1 is 1.19 bits per heavy atom. The fourth-order valence-electron chi connectivity index (χ4n) is 2.94. The number of halogens is 1. The third-order valence-electron chi connectivity index (χ3n) is 4.30. The Balaban J connectivity index is 1.64. The molecule has 3 rings (SSSR count). The van der Waals surface area contributed by atoms with E-state index in [9.17, 15) is 14.4 Å². The van der Waals surface area contributed by atoms with E-state index in [0.29, 0.717) is 28.6 Å². The van der Waals surface area contributed by atoms with E-state index in [0.717, 1.165) is 0 Å². The lowest BCUT2D eigenvalue weighted by Crippen LogP contribution is -2.28. The van der Waals surface area contributed by atoms with E-state index < -0.39 is 11.9 Å². The number of hydrogen-bond donors (Lipinski definition) is 1. The van der Waals surface area contributed by atoms with Crippen LogP contribution < -0.4 is 10.2 Å². The zero-order valence-electron chi connectivity index (χ0n) is 14.8. The monoisotopic (exact) mass is 386 g/mol. The van der Waals surface area contributed by atoms with Crippen LogP contribution in [0.25, 0.3) is 0 Å². The van der Waals surface area contributed by atoms with Gasteiger partial charge in [-0.25, -0.2) is 4.79 Å². The molecule has 1 atom stereocenters. The summed E-state index contributed by atoms with van der Waals surface area (Å²) >= 11 is 6.16. The quantitative estimate of drug-likeness (QED) is 0.798. The van der Waals surface area contributed by atoms with Crippen molar-refractivity contribution in [3.63, 3.8) is 0 Å². The maximum absolute atomic E-state index is 12.5. The predicted molar refractivity (Wildman–Crippen MR) is 103 cm³/mol. The van der Waals surface area contributed by atoms with Gasteiger partial charge in [-0.05, 0) is 43.3 Å². The lowest BCUT2D eigenvalue weighted by molar-refractivity contribution is -0.122. The third kappa shape index (κ3) is 4.28. The van der Waals surface area contributed by atoms with Crippen LogP contribution in [0.3, 0.4) is 0 Å². The minimum absolute atomic E-state index is 0.123. The number of carbonyl (C=O) groups is 3. The maximum Gasteiger partial charge on any atom is 0.338 e. The van der Waals surface area contributed by atoms with E-state index in [1.54, 1.807) is 55.5 Å². The van der Waals surface area contributed by atoms with Crippen LogP contribution in [0.15, 0.2) is 48.5 Å². The molecule has 1 N–H and O–H groups in total. The molecular formula is C20H19ClN2O4. The molecule has 1 aliphatic rings. The summed E-state index contributed by atoms with van der Waals surface area (Å²) in [6.07, 6.45) is 0.123. The van der Waals surface area contributed by atoms with Crippen molar-refractivity contribution < 1.29 is 19.1 Å². The number of nitrogens with one attached hydrogen (secondary N) is 1. The summed E-state index contributed by atoms with van der Waals surface area (Å²) in [5.41, 5.74) is 1.57. The molecule has 1 saturated heterocycles. The molecule has 0 aliphatic carbocycles. The summed E-state index contributed by atoms with van der Waals surface area (Å²) < 4.78 is 4.93. The number of hydrogen-bond acceptors (Lipinski definition) is 4. The van der Waals surface area contributed by atoms with E-state index in [-0.39, 0.29) is 24.8 Å². The van der Waals surface area contributed by atoms with Crippen molar-refractivity contribution in [2.24, 2.45) is 5.92 Å². The van der Waals surface area contributed by atoms with Crippen molar-refractivity contribution in [2.45, 2.75) is 13.3 Å². The first-order chi connectivity index (χ1) is 13.0. The smallest absolute Gasteiger partial charge is 0.338 e. The van der Waals surface area contributed by atoms with Gasteiger partial charge in [-0.1, -0.05) is 23.7 Å². The molecule has 1 aliphatic heterocycles. The molecule has 2 aromatic rings. The maximum atomic E-state index is 12.5. The first-order valence-electron chi connectivity index (χ1n) is 8.62. The van der Waals surface area contributed by atoms with Crippen LogP contribution in [0.4, 0.5) is 11.4 Å². The van der Waals surface area contributed by atoms with Gasteiger partial charge in [0.25, 0.3) is 0 Å². The van der Waals surface area contributed by atoms with Gasteiger partial charge in [0, 0.05) is 18.7 Å². The average molecular weight is 387 g/mol. The van der Waals surface area contributed by atoms with Crippen LogP contribution in [0.1, 0.15) is 23.7 Å². The molecule has 6 nitrogen and oxygen atoms in total. The lowest BCUT2D eigenvalue weighted by atomic mass is 10.1. The molecule has 2 amide bonds. The normalized spacial score (nSPS) is 16.3. The molecule has 0 unspecified atom stereocenters. The Labute approximate surface area is 162 Å². The van der Waals surface area contributed by atoms with Crippen LogP contribution in [0, 0.1) is 5.92 Å². The molecular weight excluding hydrogens is 368 g/mol. The second-order valence-electron chi connectivity index (χ2n) is 6.14. The van der Waals surface area contributed by atoms with Crippen LogP contribution in [-0.2, 0) is 14.3 Å². The number of ether oxygens (including phenoxy) is 1. The van der Waals surface area contributed by atoms with E-state index in [2.05, 4.69) is 5.32 Å². The SMILES string of the molecule is CCOC(=O)c1ccc(NC(=O)[C@H]2CC(=O)N(c3ccccc3Cl)C2)cc1. The van der Waals surface area contributed by atoms with E-state index in [1.165, 1.54) is 4.90 Å². The van der Waals surface area contributed by atoms with E-state index >= 15 is 0 Å². The van der Waals surface area contributed by atoms with Crippen molar-refractivity contribution in [3.05, 3.63) is 59.1 Å². The highest BCUT2D eigenvalue weighted by atomic mass is 35.5. The summed E-state index contributed by atoms with van der Waals surface area (Å²) in [5, 5.41) is 3.26. The molecule has 1 heterocycles. The molecule has 0 radical (unpaired) electrons. The molecule has 1 fully saturated rings. The van der Waals surface area contributed by atoms with Crippen LogP contribution in [0.5, 0.6) is 0 Å². The summed E-state index contributed by atoms with van der Waals surface area (Å²) in [6, 6.07) is 13.5. The minimum atomic E-state index is -0.474. The Kier molecular flexibility index (Phi) is 5.76. The number of carbonyl (C=O) groups excluding carboxylic acids is 3. The molecule has 27 heavy (non-hydrogen) atoms. The topological polar surface area (TPSA) is 75.7 Å². The second-order valence-corrected chi connectivity index (χ2v) is 6.55. The standard InChI is InChI=1S/C20H19ClN2O4/c1-2-27-20(26)13-7-9-15(10-8-13)22-19(25)14-11-18(24)23(12-14)17-6-4-3-5-16(17)21/h3-10,14H,2,11-12H2,1H3,(H,22,25)/t14-/m0/s1. The van der Waals surface area contributed by atoms with Gasteiger partial charge in [0.05, 0.1) is 28.8 Å². The van der Waals surface area contributed by atoms with Gasteiger partial charge >= 0.3 is 5.97 Å². The Hall–Kier alpha value is -2.86. The molecule has 2 aromatic carbocycles. The van der Waals surface area contributed by atoms with E-state index in [1.807, 2.05) is 0 Å². The summed E-state index contributed by atoms with van der Waals surface area (Å²) in [7, 11) is 0. The Morgan fingerprint density at radius 2 is 1.89 bits per heavy atom. The largest absolute Gasteiger partial charge is 0.462 e. The number of benzene rings is 2. The van der Waals surface area contributed by atoms with Crippen molar-refractivity contribution in [3.8, 4) is 0 Å². The molecule has 0 bridgehead atoms. The zero-order chi connectivity index (χ0) is 19.4. The fraction of sp³-hybridized carbons (Fsp3) is 0.250. The highest BCUT2D eigenvalue weighted by Gasteiger charge is 2.35. The molecule has 140 valence electrons. The predicted octanol–water partition coefficient (Wildman–Crippen LogP) is 3.51. The Bertz CT molecular complexity index is 867. The second kappa shape index (κ2) is 8.22. The van der Waals surface area contributed by atoms with Crippen molar-refractivity contribution in [1.29, 1.82) is 0 Å². The average Bonchev–Trinajstić information content (AvgIpc) is 3.04. The number of para-hydroxylation sites is 1. The lowest BCUT2D eigenvalue weighted by Gasteiger charge is -2.18. The van der Waals surface area contributed by atoms with Gasteiger partial charge in [-0.15, -0.1) is 0 Å². The third-order valence-corrected chi connectivity index (χ3v) is 4.62. The highest BCUT2D eigenvalue weighted by Crippen LogP contribution is 2.31. The molecule has 0 aromatic heterocycles. The van der Waals surface area contributed by atoms with E-state index in [4.69, 9.17) is 16.3 Å². The van der Waals surface area contributed by atoms with Gasteiger partial charge in [0.2, 0.25) is 11.8 Å². The highest BCUT2D eigenvalue weighted by molar-refractivity contribution is 6.33. The van der Waals surface area contributed by atoms with Crippen molar-refractivity contribution in [2.75, 3.05) is 23.4 Å². The zero-order valence-corrected chi connectivity index (χ0v) is 15.5. The first kappa shape index (κ1) is 18.9. The van der Waals surface area contributed by atoms with Gasteiger partial charge in [0.1, 0.15) is 0 Å². The van der Waals surface area contributed by atoms with Gasteiger partial charge < -0.3 is 15.0 Å². The van der Waals surface area contributed by atoms with Gasteiger partial charge in [-0.2, -0.15) is 0 Å². The van der Waals surface area contributed by atoms with Crippen LogP contribution in [-0.4, -0.2) is 30.9 Å². The molecule has 7 heteroatoms. The van der Waals surface area contributed by atoms with Crippen LogP contribution >= 0.6 is 11.6 Å². The molecule has 0 saturated carbocycles. The number of anilines is 2. The summed E-state index contributed by atoms with van der Waals surface area (Å²) in [5.74, 6) is -1.27. The number of esters is 1. The number of rotatable bonds is 5.